The number of hydrogen-bond donors (Lipinski definition) is 0. The molecule has 116 valence electrons. The standard InChI is InChI=1S/C23H19N/c1-17-12-14-21-20(16-17)13-15-22(24-21)23(18-8-4-2-5-9-18)19-10-6-3-7-11-19/h2-16,23H,1H3. The van der Waals surface area contributed by atoms with Crippen LogP contribution in [0.1, 0.15) is 28.3 Å². The van der Waals surface area contributed by atoms with Crippen LogP contribution in [0.5, 0.6) is 0 Å². The Morgan fingerprint density at radius 1 is 0.667 bits per heavy atom. The molecule has 3 aromatic carbocycles. The monoisotopic (exact) mass is 309 g/mol. The summed E-state index contributed by atoms with van der Waals surface area (Å²) in [5, 5.41) is 1.19. The Hall–Kier alpha value is -2.93. The van der Waals surface area contributed by atoms with Crippen LogP contribution in [-0.4, -0.2) is 4.98 Å². The van der Waals surface area contributed by atoms with Gasteiger partial charge in [-0.3, -0.25) is 4.98 Å². The second-order valence-corrected chi connectivity index (χ2v) is 6.19. The molecule has 0 saturated carbocycles. The molecule has 0 spiro atoms. The van der Waals surface area contributed by atoms with Crippen molar-refractivity contribution in [2.45, 2.75) is 12.8 Å². The van der Waals surface area contributed by atoms with Gasteiger partial charge in [0, 0.05) is 5.39 Å². The number of hydrogen-bond acceptors (Lipinski definition) is 1. The zero-order chi connectivity index (χ0) is 16.4. The van der Waals surface area contributed by atoms with Crippen LogP contribution >= 0.6 is 0 Å². The van der Waals surface area contributed by atoms with Crippen LogP contribution in [-0.2, 0) is 0 Å². The Morgan fingerprint density at radius 3 is 1.92 bits per heavy atom. The van der Waals surface area contributed by atoms with E-state index in [1.165, 1.54) is 22.1 Å². The minimum absolute atomic E-state index is 0.151. The van der Waals surface area contributed by atoms with Gasteiger partial charge in [-0.2, -0.15) is 0 Å². The number of rotatable bonds is 3. The van der Waals surface area contributed by atoms with Crippen molar-refractivity contribution in [2.24, 2.45) is 0 Å². The van der Waals surface area contributed by atoms with Crippen LogP contribution in [0.25, 0.3) is 10.9 Å². The van der Waals surface area contributed by atoms with Crippen molar-refractivity contribution >= 4 is 10.9 Å². The molecule has 1 nitrogen and oxygen atoms in total. The van der Waals surface area contributed by atoms with E-state index >= 15 is 0 Å². The van der Waals surface area contributed by atoms with E-state index in [0.717, 1.165) is 11.2 Å². The Morgan fingerprint density at radius 2 is 1.29 bits per heavy atom. The van der Waals surface area contributed by atoms with E-state index < -0.39 is 0 Å². The van der Waals surface area contributed by atoms with E-state index in [1.54, 1.807) is 0 Å². The molecule has 4 aromatic rings. The van der Waals surface area contributed by atoms with Crippen molar-refractivity contribution in [2.75, 3.05) is 0 Å². The highest BCUT2D eigenvalue weighted by molar-refractivity contribution is 5.79. The zero-order valence-electron chi connectivity index (χ0n) is 13.7. The van der Waals surface area contributed by atoms with E-state index in [-0.39, 0.29) is 5.92 Å². The van der Waals surface area contributed by atoms with Gasteiger partial charge < -0.3 is 0 Å². The topological polar surface area (TPSA) is 12.9 Å². The van der Waals surface area contributed by atoms with Crippen molar-refractivity contribution < 1.29 is 0 Å². The first-order valence-corrected chi connectivity index (χ1v) is 8.28. The Balaban J connectivity index is 1.89. The van der Waals surface area contributed by atoms with Crippen molar-refractivity contribution in [3.05, 3.63) is 113 Å². The first kappa shape index (κ1) is 14.6. The van der Waals surface area contributed by atoms with Crippen molar-refractivity contribution in [3.63, 3.8) is 0 Å². The molecule has 1 heteroatoms. The van der Waals surface area contributed by atoms with Crippen LogP contribution in [0.4, 0.5) is 0 Å². The van der Waals surface area contributed by atoms with Crippen molar-refractivity contribution in [1.82, 2.24) is 4.98 Å². The lowest BCUT2D eigenvalue weighted by molar-refractivity contribution is 0.929. The van der Waals surface area contributed by atoms with Crippen LogP contribution < -0.4 is 0 Å². The molecule has 0 aliphatic heterocycles. The summed E-state index contributed by atoms with van der Waals surface area (Å²) in [6.45, 7) is 2.12. The predicted molar refractivity (Wildman–Crippen MR) is 100 cm³/mol. The van der Waals surface area contributed by atoms with Crippen LogP contribution in [0.2, 0.25) is 0 Å². The SMILES string of the molecule is Cc1ccc2nc(C(c3ccccc3)c3ccccc3)ccc2c1. The number of benzene rings is 3. The Labute approximate surface area is 142 Å². The van der Waals surface area contributed by atoms with Gasteiger partial charge in [-0.15, -0.1) is 0 Å². The normalized spacial score (nSPS) is 11.1. The minimum atomic E-state index is 0.151. The average Bonchev–Trinajstić information content (AvgIpc) is 2.64. The number of nitrogens with zero attached hydrogens (tertiary/aromatic N) is 1. The predicted octanol–water partition coefficient (Wildman–Crippen LogP) is 5.72. The van der Waals surface area contributed by atoms with E-state index in [1.807, 2.05) is 0 Å². The number of fused-ring (bicyclic) bond motifs is 1. The molecule has 0 N–H and O–H groups in total. The molecule has 1 heterocycles. The third kappa shape index (κ3) is 2.81. The fourth-order valence-corrected chi connectivity index (χ4v) is 3.25. The molecule has 0 saturated heterocycles. The summed E-state index contributed by atoms with van der Waals surface area (Å²) < 4.78 is 0. The van der Waals surface area contributed by atoms with Gasteiger partial charge in [0.25, 0.3) is 0 Å². The average molecular weight is 309 g/mol. The quantitative estimate of drug-likeness (QED) is 0.471. The van der Waals surface area contributed by atoms with E-state index in [2.05, 4.69) is 97.9 Å². The lowest BCUT2D eigenvalue weighted by Crippen LogP contribution is -2.05. The molecule has 24 heavy (non-hydrogen) atoms. The van der Waals surface area contributed by atoms with Gasteiger partial charge in [0.05, 0.1) is 17.1 Å². The summed E-state index contributed by atoms with van der Waals surface area (Å²) in [6.07, 6.45) is 0. The highest BCUT2D eigenvalue weighted by Crippen LogP contribution is 2.31. The van der Waals surface area contributed by atoms with Gasteiger partial charge in [-0.25, -0.2) is 0 Å². The van der Waals surface area contributed by atoms with Gasteiger partial charge in [0.1, 0.15) is 0 Å². The van der Waals surface area contributed by atoms with Crippen LogP contribution in [0, 0.1) is 6.92 Å². The molecule has 0 aliphatic rings. The lowest BCUT2D eigenvalue weighted by Gasteiger charge is -2.18. The first-order valence-electron chi connectivity index (χ1n) is 8.28. The molecule has 1 aromatic heterocycles. The molecular weight excluding hydrogens is 290 g/mol. The zero-order valence-corrected chi connectivity index (χ0v) is 13.7. The van der Waals surface area contributed by atoms with Crippen molar-refractivity contribution in [3.8, 4) is 0 Å². The maximum absolute atomic E-state index is 4.97. The van der Waals surface area contributed by atoms with E-state index in [4.69, 9.17) is 4.98 Å². The summed E-state index contributed by atoms with van der Waals surface area (Å²) in [5.41, 5.74) is 5.93. The summed E-state index contributed by atoms with van der Waals surface area (Å²) in [5.74, 6) is 0.151. The molecule has 0 atom stereocenters. The van der Waals surface area contributed by atoms with Gasteiger partial charge in [0.2, 0.25) is 0 Å². The molecule has 4 rings (SSSR count). The lowest BCUT2D eigenvalue weighted by atomic mass is 9.88. The molecular formula is C23H19N. The maximum atomic E-state index is 4.97. The fraction of sp³-hybridized carbons (Fsp3) is 0.0870. The van der Waals surface area contributed by atoms with E-state index in [0.29, 0.717) is 0 Å². The Bertz CT molecular complexity index is 919. The molecule has 0 fully saturated rings. The third-order valence-corrected chi connectivity index (χ3v) is 4.43. The molecule has 0 bridgehead atoms. The molecule has 0 radical (unpaired) electrons. The first-order chi connectivity index (χ1) is 11.8. The van der Waals surface area contributed by atoms with Gasteiger partial charge in [-0.1, -0.05) is 78.4 Å². The van der Waals surface area contributed by atoms with Gasteiger partial charge in [0.15, 0.2) is 0 Å². The summed E-state index contributed by atoms with van der Waals surface area (Å²) in [6, 6.07) is 32.0. The largest absolute Gasteiger partial charge is 0.252 e. The second-order valence-electron chi connectivity index (χ2n) is 6.19. The molecule has 0 unspecified atom stereocenters. The summed E-state index contributed by atoms with van der Waals surface area (Å²) >= 11 is 0. The van der Waals surface area contributed by atoms with Crippen LogP contribution in [0.3, 0.4) is 0 Å². The third-order valence-electron chi connectivity index (χ3n) is 4.43. The number of pyridine rings is 1. The van der Waals surface area contributed by atoms with Crippen LogP contribution in [0.15, 0.2) is 91.0 Å². The fourth-order valence-electron chi connectivity index (χ4n) is 3.25. The number of aromatic nitrogens is 1. The highest BCUT2D eigenvalue weighted by atomic mass is 14.7. The molecule has 0 amide bonds. The smallest absolute Gasteiger partial charge is 0.0705 e. The highest BCUT2D eigenvalue weighted by Gasteiger charge is 2.18. The van der Waals surface area contributed by atoms with Crippen molar-refractivity contribution in [1.29, 1.82) is 0 Å². The second kappa shape index (κ2) is 6.29. The number of aryl methyl sites for hydroxylation is 1. The molecule has 0 aliphatic carbocycles. The van der Waals surface area contributed by atoms with Gasteiger partial charge in [-0.05, 0) is 36.2 Å². The van der Waals surface area contributed by atoms with Gasteiger partial charge >= 0.3 is 0 Å². The Kier molecular flexibility index (Phi) is 3.84. The van der Waals surface area contributed by atoms with E-state index in [9.17, 15) is 0 Å². The summed E-state index contributed by atoms with van der Waals surface area (Å²) in [4.78, 5) is 4.97. The summed E-state index contributed by atoms with van der Waals surface area (Å²) in [7, 11) is 0. The minimum Gasteiger partial charge on any atom is -0.252 e. The maximum Gasteiger partial charge on any atom is 0.0705 e.